The van der Waals surface area contributed by atoms with Crippen molar-refractivity contribution in [2.24, 2.45) is 17.8 Å². The van der Waals surface area contributed by atoms with Crippen molar-refractivity contribution in [1.82, 2.24) is 4.90 Å². The standard InChI is InChI=1S/C26H21BrF3NO6/c1-2-7-31-24(35)13-5-4-12-14(21(13)25(31)36)9-16-22(19(33)10-17(27)23(16)34)20(12)15-8-11(3-6-18(15)32)37-26(28,29)30/h3-4,6,8,10,13-14,20-21,32H,2,5,7,9H2,1H3/t13-,14+,20+,21-/m0/s1. The Balaban J connectivity index is 1.68. The summed E-state index contributed by atoms with van der Waals surface area (Å²) >= 11 is 3.11. The van der Waals surface area contributed by atoms with Gasteiger partial charge in [0.1, 0.15) is 11.5 Å². The second-order valence-electron chi connectivity index (χ2n) is 9.49. The van der Waals surface area contributed by atoms with Crippen LogP contribution in [-0.2, 0) is 19.2 Å². The number of amides is 2. The van der Waals surface area contributed by atoms with Gasteiger partial charge in [0.25, 0.3) is 0 Å². The van der Waals surface area contributed by atoms with E-state index in [0.717, 1.165) is 24.3 Å². The summed E-state index contributed by atoms with van der Waals surface area (Å²) in [7, 11) is 0. The van der Waals surface area contributed by atoms with Gasteiger partial charge in [-0.05, 0) is 59.3 Å². The van der Waals surface area contributed by atoms with E-state index in [1.54, 1.807) is 6.08 Å². The number of carbonyl (C=O) groups excluding carboxylic acids is 4. The van der Waals surface area contributed by atoms with Gasteiger partial charge in [-0.2, -0.15) is 0 Å². The maximum absolute atomic E-state index is 13.4. The van der Waals surface area contributed by atoms with Gasteiger partial charge in [-0.3, -0.25) is 24.1 Å². The SMILES string of the molecule is CCCN1C(=O)[C@H]2[C@H](CC=C3[C@H](c4cc(OC(F)(F)F)ccc4O)C4=C(C[C@H]32)C(=O)C(Br)=CC4=O)C1=O. The van der Waals surface area contributed by atoms with E-state index in [9.17, 15) is 37.5 Å². The molecule has 0 spiro atoms. The van der Waals surface area contributed by atoms with Crippen LogP contribution >= 0.6 is 15.9 Å². The maximum Gasteiger partial charge on any atom is 0.573 e. The Morgan fingerprint density at radius 2 is 1.86 bits per heavy atom. The number of ketones is 2. The average molecular weight is 580 g/mol. The van der Waals surface area contributed by atoms with Crippen LogP contribution in [0.15, 0.2) is 51.6 Å². The summed E-state index contributed by atoms with van der Waals surface area (Å²) in [4.78, 5) is 54.0. The molecule has 0 saturated carbocycles. The van der Waals surface area contributed by atoms with Gasteiger partial charge in [0, 0.05) is 35.2 Å². The number of fused-ring (bicyclic) bond motifs is 3. The number of imide groups is 1. The smallest absolute Gasteiger partial charge is 0.508 e. The number of allylic oxidation sites excluding steroid dienone is 6. The van der Waals surface area contributed by atoms with Crippen molar-refractivity contribution in [2.45, 2.75) is 38.5 Å². The molecule has 194 valence electrons. The van der Waals surface area contributed by atoms with Crippen molar-refractivity contribution in [2.75, 3.05) is 6.54 Å². The number of likely N-dealkylation sites (tertiary alicyclic amines) is 1. The van der Waals surface area contributed by atoms with Gasteiger partial charge in [-0.1, -0.05) is 18.6 Å². The van der Waals surface area contributed by atoms with E-state index in [4.69, 9.17) is 0 Å². The summed E-state index contributed by atoms with van der Waals surface area (Å²) in [6.45, 7) is 2.10. The zero-order valence-electron chi connectivity index (χ0n) is 19.5. The molecular formula is C26H21BrF3NO6. The van der Waals surface area contributed by atoms with Crippen LogP contribution in [-0.4, -0.2) is 46.3 Å². The number of hydrogen-bond donors (Lipinski definition) is 1. The Morgan fingerprint density at radius 1 is 1.14 bits per heavy atom. The molecule has 1 aromatic carbocycles. The predicted molar refractivity (Wildman–Crippen MR) is 126 cm³/mol. The van der Waals surface area contributed by atoms with Gasteiger partial charge in [0.2, 0.25) is 11.8 Å². The molecule has 1 N–H and O–H groups in total. The normalized spacial score (nSPS) is 27.5. The first-order chi connectivity index (χ1) is 17.4. The maximum atomic E-state index is 13.4. The number of aromatic hydroxyl groups is 1. The molecule has 1 fully saturated rings. The van der Waals surface area contributed by atoms with Crippen molar-refractivity contribution >= 4 is 39.3 Å². The largest absolute Gasteiger partial charge is 0.573 e. The lowest BCUT2D eigenvalue weighted by Crippen LogP contribution is -2.39. The van der Waals surface area contributed by atoms with E-state index >= 15 is 0 Å². The molecule has 4 aliphatic rings. The number of nitrogens with zero attached hydrogens (tertiary/aromatic N) is 1. The van der Waals surface area contributed by atoms with Gasteiger partial charge in [0.05, 0.1) is 16.3 Å². The molecule has 3 aliphatic carbocycles. The van der Waals surface area contributed by atoms with Gasteiger partial charge in [0.15, 0.2) is 11.6 Å². The monoisotopic (exact) mass is 579 g/mol. The first-order valence-corrected chi connectivity index (χ1v) is 12.5. The quantitative estimate of drug-likeness (QED) is 0.321. The highest BCUT2D eigenvalue weighted by Crippen LogP contribution is 2.56. The summed E-state index contributed by atoms with van der Waals surface area (Å²) in [6.07, 6.45) is -1.38. The number of hydrogen-bond acceptors (Lipinski definition) is 6. The molecule has 1 aromatic rings. The van der Waals surface area contributed by atoms with Crippen LogP contribution in [0.25, 0.3) is 0 Å². The lowest BCUT2D eigenvalue weighted by atomic mass is 9.59. The third kappa shape index (κ3) is 4.13. The van der Waals surface area contributed by atoms with Gasteiger partial charge >= 0.3 is 6.36 Å². The van der Waals surface area contributed by atoms with Crippen LogP contribution in [0.5, 0.6) is 11.5 Å². The van der Waals surface area contributed by atoms with E-state index < -0.39 is 53.1 Å². The van der Waals surface area contributed by atoms with E-state index in [-0.39, 0.29) is 52.4 Å². The molecule has 1 heterocycles. The highest BCUT2D eigenvalue weighted by Gasteiger charge is 2.56. The Kier molecular flexibility index (Phi) is 6.17. The minimum Gasteiger partial charge on any atom is -0.508 e. The number of ether oxygens (including phenoxy) is 1. The fourth-order valence-corrected chi connectivity index (χ4v) is 6.48. The second-order valence-corrected chi connectivity index (χ2v) is 10.3. The molecule has 2 amide bonds. The molecule has 4 atom stereocenters. The Labute approximate surface area is 217 Å². The molecule has 1 saturated heterocycles. The molecule has 7 nitrogen and oxygen atoms in total. The molecular weight excluding hydrogens is 559 g/mol. The number of rotatable bonds is 4. The number of carbonyl (C=O) groups is 4. The van der Waals surface area contributed by atoms with Gasteiger partial charge in [-0.15, -0.1) is 13.2 Å². The minimum absolute atomic E-state index is 0.0187. The lowest BCUT2D eigenvalue weighted by molar-refractivity contribution is -0.274. The Hall–Kier alpha value is -3.21. The predicted octanol–water partition coefficient (Wildman–Crippen LogP) is 4.46. The summed E-state index contributed by atoms with van der Waals surface area (Å²) in [5.74, 6) is -5.82. The summed E-state index contributed by atoms with van der Waals surface area (Å²) in [5, 5.41) is 10.7. The Morgan fingerprint density at radius 3 is 2.54 bits per heavy atom. The van der Waals surface area contributed by atoms with E-state index in [2.05, 4.69) is 20.7 Å². The van der Waals surface area contributed by atoms with Gasteiger partial charge < -0.3 is 9.84 Å². The van der Waals surface area contributed by atoms with Crippen LogP contribution in [0.2, 0.25) is 0 Å². The zero-order chi connectivity index (χ0) is 26.8. The summed E-state index contributed by atoms with van der Waals surface area (Å²) < 4.78 is 42.9. The number of phenolic OH excluding ortho intramolecular Hbond substituents is 1. The first-order valence-electron chi connectivity index (χ1n) is 11.8. The molecule has 11 heteroatoms. The third-order valence-electron chi connectivity index (χ3n) is 7.41. The first kappa shape index (κ1) is 25.4. The topological polar surface area (TPSA) is 101 Å². The van der Waals surface area contributed by atoms with Crippen molar-refractivity contribution < 1.29 is 42.2 Å². The van der Waals surface area contributed by atoms with Gasteiger partial charge in [-0.25, -0.2) is 0 Å². The van der Waals surface area contributed by atoms with Crippen molar-refractivity contribution in [1.29, 1.82) is 0 Å². The third-order valence-corrected chi connectivity index (χ3v) is 8.00. The number of benzene rings is 1. The molecule has 0 radical (unpaired) electrons. The average Bonchev–Trinajstić information content (AvgIpc) is 3.07. The number of Topliss-reactive ketones (excluding diaryl/α,β-unsaturated/α-hetero) is 1. The molecule has 5 rings (SSSR count). The number of alkyl halides is 3. The zero-order valence-corrected chi connectivity index (χ0v) is 21.1. The van der Waals surface area contributed by atoms with E-state index in [1.807, 2.05) is 6.92 Å². The van der Waals surface area contributed by atoms with E-state index in [1.165, 1.54) is 4.90 Å². The molecule has 37 heavy (non-hydrogen) atoms. The highest BCUT2D eigenvalue weighted by molar-refractivity contribution is 9.12. The van der Waals surface area contributed by atoms with Crippen molar-refractivity contribution in [3.8, 4) is 11.5 Å². The summed E-state index contributed by atoms with van der Waals surface area (Å²) in [6, 6.07) is 2.96. The van der Waals surface area contributed by atoms with Crippen LogP contribution in [0.1, 0.15) is 37.7 Å². The minimum atomic E-state index is -4.99. The van der Waals surface area contributed by atoms with Crippen LogP contribution in [0.4, 0.5) is 13.2 Å². The second kappa shape index (κ2) is 8.97. The lowest BCUT2D eigenvalue weighted by Gasteiger charge is -2.42. The number of halogens is 4. The highest BCUT2D eigenvalue weighted by atomic mass is 79.9. The molecule has 1 aliphatic heterocycles. The fraction of sp³-hybridized carbons (Fsp3) is 0.385. The van der Waals surface area contributed by atoms with Crippen LogP contribution in [0.3, 0.4) is 0 Å². The Bertz CT molecular complexity index is 1340. The number of phenols is 1. The molecule has 0 aromatic heterocycles. The van der Waals surface area contributed by atoms with E-state index in [0.29, 0.717) is 12.0 Å². The van der Waals surface area contributed by atoms with Crippen LogP contribution in [0, 0.1) is 17.8 Å². The van der Waals surface area contributed by atoms with Crippen LogP contribution < -0.4 is 4.74 Å². The fourth-order valence-electron chi connectivity index (χ4n) is 6.03. The van der Waals surface area contributed by atoms with Crippen molar-refractivity contribution in [3.63, 3.8) is 0 Å². The molecule has 0 unspecified atom stereocenters. The van der Waals surface area contributed by atoms with Crippen molar-refractivity contribution in [3.05, 3.63) is 57.1 Å². The molecule has 0 bridgehead atoms. The summed E-state index contributed by atoms with van der Waals surface area (Å²) in [5.41, 5.74) is 0.614.